The maximum absolute atomic E-state index is 13.1. The normalized spacial score (nSPS) is 11.2. The summed E-state index contributed by atoms with van der Waals surface area (Å²) in [6, 6.07) is 10.2. The van der Waals surface area contributed by atoms with Crippen molar-refractivity contribution < 1.29 is 14.3 Å². The number of imidazole rings is 1. The largest absolute Gasteiger partial charge is 0.439 e. The standard InChI is InChI=1S/C25H24N8O4/c1-15(2)32-14-17(33-11-5-9-27-33)12-20(24(32)35)37-25-29-19-6-7-22(30-23(19)31(25)4)36-18-8-10-26-21(13-18)28-16(3)34/h5-15H,1-4H3,(H,26,28,34). The van der Waals surface area contributed by atoms with E-state index in [1.807, 2.05) is 13.8 Å². The van der Waals surface area contributed by atoms with Gasteiger partial charge in [0.2, 0.25) is 11.8 Å². The smallest absolute Gasteiger partial charge is 0.304 e. The van der Waals surface area contributed by atoms with Crippen LogP contribution in [0.2, 0.25) is 0 Å². The van der Waals surface area contributed by atoms with E-state index in [2.05, 4.69) is 25.4 Å². The number of rotatable bonds is 7. The highest BCUT2D eigenvalue weighted by molar-refractivity contribution is 5.87. The molecule has 0 unspecified atom stereocenters. The molecule has 1 N–H and O–H groups in total. The summed E-state index contributed by atoms with van der Waals surface area (Å²) >= 11 is 0. The van der Waals surface area contributed by atoms with Gasteiger partial charge in [-0.1, -0.05) is 0 Å². The van der Waals surface area contributed by atoms with Crippen LogP contribution in [0.3, 0.4) is 0 Å². The minimum Gasteiger partial charge on any atom is -0.439 e. The zero-order valence-corrected chi connectivity index (χ0v) is 20.6. The number of hydrogen-bond donors (Lipinski definition) is 1. The summed E-state index contributed by atoms with van der Waals surface area (Å²) in [5.74, 6) is 1.01. The van der Waals surface area contributed by atoms with E-state index >= 15 is 0 Å². The van der Waals surface area contributed by atoms with Crippen LogP contribution in [0.1, 0.15) is 26.8 Å². The fourth-order valence-electron chi connectivity index (χ4n) is 3.68. The maximum Gasteiger partial charge on any atom is 0.304 e. The molecule has 0 radical (unpaired) electrons. The molecule has 12 nitrogen and oxygen atoms in total. The summed E-state index contributed by atoms with van der Waals surface area (Å²) in [5, 5.41) is 6.87. The number of anilines is 1. The molecule has 0 saturated heterocycles. The number of carbonyl (C=O) groups is 1. The lowest BCUT2D eigenvalue weighted by molar-refractivity contribution is -0.114. The van der Waals surface area contributed by atoms with Gasteiger partial charge in [-0.05, 0) is 32.0 Å². The fourth-order valence-corrected chi connectivity index (χ4v) is 3.68. The Kier molecular flexibility index (Phi) is 6.14. The molecule has 5 aromatic heterocycles. The first kappa shape index (κ1) is 23.7. The lowest BCUT2D eigenvalue weighted by Gasteiger charge is -2.14. The van der Waals surface area contributed by atoms with Crippen molar-refractivity contribution in [1.29, 1.82) is 0 Å². The van der Waals surface area contributed by atoms with Gasteiger partial charge in [0.25, 0.3) is 5.56 Å². The van der Waals surface area contributed by atoms with E-state index in [1.54, 1.807) is 75.9 Å². The van der Waals surface area contributed by atoms with Crippen LogP contribution in [0.25, 0.3) is 16.9 Å². The second kappa shape index (κ2) is 9.57. The van der Waals surface area contributed by atoms with Crippen molar-refractivity contribution in [3.8, 4) is 29.1 Å². The SMILES string of the molecule is CC(=O)Nc1cc(Oc2ccc3nc(Oc4cc(-n5cccn5)cn(C(C)C)c4=O)n(C)c3n2)ccn1. The molecule has 37 heavy (non-hydrogen) atoms. The van der Waals surface area contributed by atoms with Gasteiger partial charge in [-0.25, -0.2) is 9.67 Å². The predicted octanol–water partition coefficient (Wildman–Crippen LogP) is 3.83. The Balaban J connectivity index is 1.47. The molecule has 0 spiro atoms. The van der Waals surface area contributed by atoms with E-state index in [1.165, 1.54) is 13.1 Å². The first-order valence-corrected chi connectivity index (χ1v) is 11.5. The Morgan fingerprint density at radius 2 is 1.92 bits per heavy atom. The molecule has 0 aliphatic rings. The molecule has 0 saturated carbocycles. The molecule has 0 atom stereocenters. The Bertz CT molecular complexity index is 1650. The Morgan fingerprint density at radius 1 is 1.08 bits per heavy atom. The number of hydrogen-bond acceptors (Lipinski definition) is 8. The highest BCUT2D eigenvalue weighted by Crippen LogP contribution is 2.27. The summed E-state index contributed by atoms with van der Waals surface area (Å²) in [4.78, 5) is 37.5. The molecular weight excluding hydrogens is 476 g/mol. The molecule has 1 amide bonds. The van der Waals surface area contributed by atoms with Gasteiger partial charge in [0, 0.05) is 63.0 Å². The van der Waals surface area contributed by atoms with Gasteiger partial charge in [0.15, 0.2) is 11.4 Å². The Labute approximate surface area is 211 Å². The lowest BCUT2D eigenvalue weighted by atomic mass is 10.3. The first-order valence-electron chi connectivity index (χ1n) is 11.5. The second-order valence-corrected chi connectivity index (χ2v) is 8.53. The highest BCUT2D eigenvalue weighted by Gasteiger charge is 2.17. The molecule has 188 valence electrons. The molecule has 0 fully saturated rings. The van der Waals surface area contributed by atoms with Crippen molar-refractivity contribution in [1.82, 2.24) is 33.9 Å². The average molecular weight is 501 g/mol. The topological polar surface area (TPSA) is 131 Å². The predicted molar refractivity (Wildman–Crippen MR) is 135 cm³/mol. The third kappa shape index (κ3) is 4.89. The minimum atomic E-state index is -0.289. The van der Waals surface area contributed by atoms with Crippen LogP contribution in [0.4, 0.5) is 5.82 Å². The van der Waals surface area contributed by atoms with Gasteiger partial charge < -0.3 is 19.4 Å². The summed E-state index contributed by atoms with van der Waals surface area (Å²) in [6.07, 6.45) is 6.71. The molecule has 0 aliphatic heterocycles. The van der Waals surface area contributed by atoms with Crippen molar-refractivity contribution in [3.05, 3.63) is 71.5 Å². The van der Waals surface area contributed by atoms with E-state index < -0.39 is 0 Å². The van der Waals surface area contributed by atoms with E-state index in [4.69, 9.17) is 9.47 Å². The van der Waals surface area contributed by atoms with E-state index in [9.17, 15) is 9.59 Å². The summed E-state index contributed by atoms with van der Waals surface area (Å²) < 4.78 is 16.8. The fraction of sp³-hybridized carbons (Fsp3) is 0.200. The summed E-state index contributed by atoms with van der Waals surface area (Å²) in [5.41, 5.74) is 1.45. The summed E-state index contributed by atoms with van der Waals surface area (Å²) in [7, 11) is 1.74. The van der Waals surface area contributed by atoms with Crippen LogP contribution in [-0.2, 0) is 11.8 Å². The number of nitrogens with zero attached hydrogens (tertiary/aromatic N) is 7. The third-order valence-corrected chi connectivity index (χ3v) is 5.43. The molecular formula is C25H24N8O4. The van der Waals surface area contributed by atoms with Gasteiger partial charge in [-0.15, -0.1) is 0 Å². The van der Waals surface area contributed by atoms with Crippen molar-refractivity contribution in [3.63, 3.8) is 0 Å². The van der Waals surface area contributed by atoms with Gasteiger partial charge in [0.05, 0.1) is 5.69 Å². The van der Waals surface area contributed by atoms with Crippen LogP contribution in [0, 0.1) is 0 Å². The highest BCUT2D eigenvalue weighted by atomic mass is 16.5. The van der Waals surface area contributed by atoms with Crippen LogP contribution < -0.4 is 20.3 Å². The van der Waals surface area contributed by atoms with E-state index in [-0.39, 0.29) is 29.3 Å². The second-order valence-electron chi connectivity index (χ2n) is 8.53. The molecule has 12 heteroatoms. The average Bonchev–Trinajstić information content (AvgIpc) is 3.49. The number of aromatic nitrogens is 7. The molecule has 5 heterocycles. The number of amides is 1. The monoisotopic (exact) mass is 500 g/mol. The Morgan fingerprint density at radius 3 is 2.65 bits per heavy atom. The quantitative estimate of drug-likeness (QED) is 0.357. The molecule has 0 aliphatic carbocycles. The first-order chi connectivity index (χ1) is 17.8. The van der Waals surface area contributed by atoms with Crippen LogP contribution in [0.15, 0.2) is 66.0 Å². The molecule has 0 bridgehead atoms. The number of nitrogens with one attached hydrogen (secondary N) is 1. The zero-order chi connectivity index (χ0) is 26.1. The summed E-state index contributed by atoms with van der Waals surface area (Å²) in [6.45, 7) is 5.24. The third-order valence-electron chi connectivity index (χ3n) is 5.43. The van der Waals surface area contributed by atoms with Gasteiger partial charge >= 0.3 is 6.01 Å². The van der Waals surface area contributed by atoms with Crippen LogP contribution >= 0.6 is 0 Å². The Hall–Kier alpha value is -5.00. The zero-order valence-electron chi connectivity index (χ0n) is 20.6. The van der Waals surface area contributed by atoms with Gasteiger partial charge in [0.1, 0.15) is 17.1 Å². The van der Waals surface area contributed by atoms with Gasteiger partial charge in [-0.3, -0.25) is 14.2 Å². The lowest BCUT2D eigenvalue weighted by Crippen LogP contribution is -2.23. The number of pyridine rings is 3. The van der Waals surface area contributed by atoms with E-state index in [0.717, 1.165) is 0 Å². The van der Waals surface area contributed by atoms with Crippen molar-refractivity contribution in [2.24, 2.45) is 7.05 Å². The molecule has 5 rings (SSSR count). The molecule has 5 aromatic rings. The number of fused-ring (bicyclic) bond motifs is 1. The van der Waals surface area contributed by atoms with Crippen molar-refractivity contribution in [2.75, 3.05) is 5.32 Å². The van der Waals surface area contributed by atoms with E-state index in [0.29, 0.717) is 34.3 Å². The van der Waals surface area contributed by atoms with Crippen LogP contribution in [-0.4, -0.2) is 39.8 Å². The maximum atomic E-state index is 13.1. The van der Waals surface area contributed by atoms with Crippen molar-refractivity contribution in [2.45, 2.75) is 26.8 Å². The number of aryl methyl sites for hydroxylation is 1. The van der Waals surface area contributed by atoms with Crippen molar-refractivity contribution >= 4 is 22.9 Å². The van der Waals surface area contributed by atoms with Crippen LogP contribution in [0.5, 0.6) is 23.4 Å². The number of carbonyl (C=O) groups excluding carboxylic acids is 1. The molecule has 0 aromatic carbocycles. The van der Waals surface area contributed by atoms with Gasteiger partial charge in [-0.2, -0.15) is 15.1 Å². The number of ether oxygens (including phenoxy) is 2. The minimum absolute atomic E-state index is 0.0912.